The Morgan fingerprint density at radius 2 is 2.33 bits per heavy atom. The van der Waals surface area contributed by atoms with Crippen LogP contribution in [0.4, 0.5) is 0 Å². The summed E-state index contributed by atoms with van der Waals surface area (Å²) in [5.41, 5.74) is 0. The molecule has 0 aromatic rings. The molecule has 0 aliphatic carbocycles. The SMILES string of the molecule is CC(C)CN1CCOC1. The van der Waals surface area contributed by atoms with Gasteiger partial charge in [-0.15, -0.1) is 0 Å². The van der Waals surface area contributed by atoms with E-state index >= 15 is 0 Å². The Balaban J connectivity index is 2.11. The van der Waals surface area contributed by atoms with Gasteiger partial charge in [-0.1, -0.05) is 13.8 Å². The molecular weight excluding hydrogens is 114 g/mol. The molecule has 0 spiro atoms. The van der Waals surface area contributed by atoms with Crippen LogP contribution in [0.25, 0.3) is 0 Å². The largest absolute Gasteiger partial charge is 0.365 e. The number of hydrogen-bond acceptors (Lipinski definition) is 2. The summed E-state index contributed by atoms with van der Waals surface area (Å²) in [6.07, 6.45) is 0. The van der Waals surface area contributed by atoms with Gasteiger partial charge in [0.05, 0.1) is 13.3 Å². The summed E-state index contributed by atoms with van der Waals surface area (Å²) in [6, 6.07) is 0. The van der Waals surface area contributed by atoms with Crippen LogP contribution in [0.5, 0.6) is 0 Å². The van der Waals surface area contributed by atoms with E-state index in [1.807, 2.05) is 0 Å². The molecule has 2 nitrogen and oxygen atoms in total. The highest BCUT2D eigenvalue weighted by atomic mass is 16.5. The van der Waals surface area contributed by atoms with Crippen LogP contribution in [0.15, 0.2) is 0 Å². The van der Waals surface area contributed by atoms with Crippen molar-refractivity contribution in [3.63, 3.8) is 0 Å². The van der Waals surface area contributed by atoms with E-state index in [0.29, 0.717) is 0 Å². The standard InChI is InChI=1S/C7H15NO/c1-7(2)5-8-3-4-9-6-8/h7H,3-6H2,1-2H3. The molecule has 0 unspecified atom stereocenters. The molecule has 0 aromatic carbocycles. The van der Waals surface area contributed by atoms with Crippen LogP contribution < -0.4 is 0 Å². The van der Waals surface area contributed by atoms with Gasteiger partial charge in [-0.2, -0.15) is 0 Å². The van der Waals surface area contributed by atoms with Gasteiger partial charge in [0.2, 0.25) is 0 Å². The molecule has 9 heavy (non-hydrogen) atoms. The third-order valence-corrected chi connectivity index (χ3v) is 1.45. The monoisotopic (exact) mass is 129 g/mol. The van der Waals surface area contributed by atoms with Crippen LogP contribution in [0.1, 0.15) is 13.8 Å². The second-order valence-corrected chi connectivity index (χ2v) is 3.01. The fraction of sp³-hybridized carbons (Fsp3) is 1.00. The predicted molar refractivity (Wildman–Crippen MR) is 37.2 cm³/mol. The van der Waals surface area contributed by atoms with Crippen molar-refractivity contribution < 1.29 is 4.74 Å². The summed E-state index contributed by atoms with van der Waals surface area (Å²) in [4.78, 5) is 2.34. The normalized spacial score (nSPS) is 21.7. The lowest BCUT2D eigenvalue weighted by atomic mass is 10.2. The number of nitrogens with zero attached hydrogens (tertiary/aromatic N) is 1. The van der Waals surface area contributed by atoms with Crippen molar-refractivity contribution in [2.45, 2.75) is 13.8 Å². The van der Waals surface area contributed by atoms with Gasteiger partial charge < -0.3 is 4.74 Å². The Hall–Kier alpha value is -0.0800. The van der Waals surface area contributed by atoms with Gasteiger partial charge in [-0.05, 0) is 5.92 Å². The van der Waals surface area contributed by atoms with Crippen molar-refractivity contribution in [2.75, 3.05) is 26.4 Å². The van der Waals surface area contributed by atoms with Gasteiger partial charge in [0.15, 0.2) is 0 Å². The van der Waals surface area contributed by atoms with E-state index in [1.165, 1.54) is 6.54 Å². The zero-order valence-corrected chi connectivity index (χ0v) is 6.26. The minimum atomic E-state index is 0.770. The van der Waals surface area contributed by atoms with E-state index in [2.05, 4.69) is 18.7 Å². The van der Waals surface area contributed by atoms with E-state index in [0.717, 1.165) is 25.8 Å². The van der Waals surface area contributed by atoms with Crippen molar-refractivity contribution in [1.29, 1.82) is 0 Å². The predicted octanol–water partition coefficient (Wildman–Crippen LogP) is 0.932. The van der Waals surface area contributed by atoms with E-state index < -0.39 is 0 Å². The van der Waals surface area contributed by atoms with Crippen LogP contribution in [0.2, 0.25) is 0 Å². The average Bonchev–Trinajstić information content (AvgIpc) is 2.15. The maximum atomic E-state index is 5.18. The lowest BCUT2D eigenvalue weighted by Gasteiger charge is -2.14. The van der Waals surface area contributed by atoms with Gasteiger partial charge in [0, 0.05) is 13.1 Å². The van der Waals surface area contributed by atoms with Crippen molar-refractivity contribution >= 4 is 0 Å². The fourth-order valence-corrected chi connectivity index (χ4v) is 1.11. The molecule has 0 saturated carbocycles. The molecule has 0 bridgehead atoms. The van der Waals surface area contributed by atoms with Crippen LogP contribution in [0, 0.1) is 5.92 Å². The third-order valence-electron chi connectivity index (χ3n) is 1.45. The summed E-state index contributed by atoms with van der Waals surface area (Å²) in [5.74, 6) is 0.770. The lowest BCUT2D eigenvalue weighted by molar-refractivity contribution is 0.134. The molecule has 1 saturated heterocycles. The molecule has 1 fully saturated rings. The Morgan fingerprint density at radius 1 is 1.56 bits per heavy atom. The number of rotatable bonds is 2. The number of hydrogen-bond donors (Lipinski definition) is 0. The van der Waals surface area contributed by atoms with Crippen molar-refractivity contribution in [1.82, 2.24) is 4.90 Å². The van der Waals surface area contributed by atoms with Crippen LogP contribution >= 0.6 is 0 Å². The third kappa shape index (κ3) is 2.33. The van der Waals surface area contributed by atoms with E-state index in [9.17, 15) is 0 Å². The lowest BCUT2D eigenvalue weighted by Crippen LogP contribution is -2.24. The molecule has 0 atom stereocenters. The Bertz CT molecular complexity index is 77.0. The molecule has 54 valence electrons. The zero-order chi connectivity index (χ0) is 6.69. The highest BCUT2D eigenvalue weighted by Crippen LogP contribution is 2.02. The fourth-order valence-electron chi connectivity index (χ4n) is 1.11. The van der Waals surface area contributed by atoms with Gasteiger partial charge in [0.1, 0.15) is 0 Å². The minimum absolute atomic E-state index is 0.770. The average molecular weight is 129 g/mol. The second kappa shape index (κ2) is 3.18. The molecule has 1 heterocycles. The number of ether oxygens (including phenoxy) is 1. The maximum absolute atomic E-state index is 5.18. The topological polar surface area (TPSA) is 12.5 Å². The van der Waals surface area contributed by atoms with E-state index in [-0.39, 0.29) is 0 Å². The van der Waals surface area contributed by atoms with Crippen molar-refractivity contribution in [3.05, 3.63) is 0 Å². The summed E-state index contributed by atoms with van der Waals surface area (Å²) in [7, 11) is 0. The molecular formula is C7H15NO. The van der Waals surface area contributed by atoms with Crippen molar-refractivity contribution in [3.8, 4) is 0 Å². The van der Waals surface area contributed by atoms with Crippen LogP contribution in [0.3, 0.4) is 0 Å². The summed E-state index contributed by atoms with van der Waals surface area (Å²) in [5, 5.41) is 0. The molecule has 1 aliphatic rings. The Kier molecular flexibility index (Phi) is 2.49. The van der Waals surface area contributed by atoms with Gasteiger partial charge in [0.25, 0.3) is 0 Å². The highest BCUT2D eigenvalue weighted by molar-refractivity contribution is 4.59. The van der Waals surface area contributed by atoms with Gasteiger partial charge in [-0.3, -0.25) is 4.90 Å². The molecule has 2 heteroatoms. The zero-order valence-electron chi connectivity index (χ0n) is 6.26. The molecule has 1 rings (SSSR count). The maximum Gasteiger partial charge on any atom is 0.0991 e. The van der Waals surface area contributed by atoms with Crippen molar-refractivity contribution in [2.24, 2.45) is 5.92 Å². The molecule has 0 amide bonds. The first-order valence-corrected chi connectivity index (χ1v) is 3.59. The summed E-state index contributed by atoms with van der Waals surface area (Å²) < 4.78 is 5.18. The summed E-state index contributed by atoms with van der Waals surface area (Å²) in [6.45, 7) is 8.54. The second-order valence-electron chi connectivity index (χ2n) is 3.01. The Labute approximate surface area is 56.8 Å². The summed E-state index contributed by atoms with van der Waals surface area (Å²) >= 11 is 0. The first kappa shape index (κ1) is 7.03. The minimum Gasteiger partial charge on any atom is -0.365 e. The molecule has 1 aliphatic heterocycles. The quantitative estimate of drug-likeness (QED) is 0.550. The first-order valence-electron chi connectivity index (χ1n) is 3.59. The molecule has 0 radical (unpaired) electrons. The van der Waals surface area contributed by atoms with Gasteiger partial charge >= 0.3 is 0 Å². The van der Waals surface area contributed by atoms with Crippen LogP contribution in [-0.4, -0.2) is 31.3 Å². The van der Waals surface area contributed by atoms with Gasteiger partial charge in [-0.25, -0.2) is 0 Å². The highest BCUT2D eigenvalue weighted by Gasteiger charge is 2.11. The van der Waals surface area contributed by atoms with E-state index in [4.69, 9.17) is 4.74 Å². The Morgan fingerprint density at radius 3 is 2.78 bits per heavy atom. The molecule has 0 N–H and O–H groups in total. The van der Waals surface area contributed by atoms with Crippen LogP contribution in [-0.2, 0) is 4.74 Å². The first-order chi connectivity index (χ1) is 4.29. The van der Waals surface area contributed by atoms with E-state index in [1.54, 1.807) is 0 Å². The smallest absolute Gasteiger partial charge is 0.0991 e. The molecule has 0 aromatic heterocycles.